The minimum atomic E-state index is -3.19. The number of hydrogen-bond donors (Lipinski definition) is 3. The van der Waals surface area contributed by atoms with E-state index in [1.165, 1.54) is 11.8 Å². The van der Waals surface area contributed by atoms with Gasteiger partial charge >= 0.3 is 5.97 Å². The number of ether oxygens (including phenoxy) is 2. The van der Waals surface area contributed by atoms with E-state index in [9.17, 15) is 13.9 Å². The van der Waals surface area contributed by atoms with Crippen molar-refractivity contribution in [1.29, 1.82) is 0 Å². The molecule has 204 valence electrons. The lowest BCUT2D eigenvalue weighted by atomic mass is 9.79. The average Bonchev–Trinajstić information content (AvgIpc) is 2.97. The molecule has 0 aromatic heterocycles. The van der Waals surface area contributed by atoms with Crippen LogP contribution in [0.3, 0.4) is 0 Å². The Morgan fingerprint density at radius 1 is 1.14 bits per heavy atom. The number of nitrogens with zero attached hydrogens (tertiary/aromatic N) is 1. The molecule has 0 atom stereocenters. The summed E-state index contributed by atoms with van der Waals surface area (Å²) in [7, 11) is -1.55. The fraction of sp³-hybridized carbons (Fsp3) is 0.464. The fourth-order valence-corrected chi connectivity index (χ4v) is 7.64. The average molecular weight is 550 g/mol. The number of hydrogen-bond acceptors (Lipinski definition) is 7. The van der Waals surface area contributed by atoms with Gasteiger partial charge in [-0.3, -0.25) is 9.11 Å². The van der Waals surface area contributed by atoms with E-state index < -0.39 is 16.6 Å². The van der Waals surface area contributed by atoms with Gasteiger partial charge in [0.2, 0.25) is 0 Å². The molecule has 37 heavy (non-hydrogen) atoms. The summed E-state index contributed by atoms with van der Waals surface area (Å²) in [5.74, 6) is 0.313. The summed E-state index contributed by atoms with van der Waals surface area (Å²) in [4.78, 5) is 14.4. The number of carboxylic acid groups (broad SMARTS) is 1. The molecule has 3 rings (SSSR count). The molecule has 0 aliphatic carbocycles. The molecular weight excluding hydrogens is 510 g/mol. The Bertz CT molecular complexity index is 1080. The monoisotopic (exact) mass is 549 g/mol. The smallest absolute Gasteiger partial charge is 0.331 e. The van der Waals surface area contributed by atoms with Crippen LogP contribution in [0.4, 0.5) is 11.4 Å². The van der Waals surface area contributed by atoms with E-state index in [2.05, 4.69) is 18.7 Å². The van der Waals surface area contributed by atoms with E-state index in [0.29, 0.717) is 17.2 Å². The quantitative estimate of drug-likeness (QED) is 0.139. The van der Waals surface area contributed by atoms with Crippen LogP contribution in [0.2, 0.25) is 0 Å². The second kappa shape index (κ2) is 13.0. The van der Waals surface area contributed by atoms with Crippen LogP contribution in [-0.4, -0.2) is 45.8 Å². The number of carboxylic acids is 1. The van der Waals surface area contributed by atoms with Gasteiger partial charge in [0.05, 0.1) is 34.9 Å². The van der Waals surface area contributed by atoms with Gasteiger partial charge in [-0.1, -0.05) is 39.5 Å². The van der Waals surface area contributed by atoms with Gasteiger partial charge in [0, 0.05) is 29.5 Å². The summed E-state index contributed by atoms with van der Waals surface area (Å²) in [6, 6.07) is 11.4. The van der Waals surface area contributed by atoms with Crippen molar-refractivity contribution < 1.29 is 28.5 Å². The van der Waals surface area contributed by atoms with Crippen LogP contribution in [0.5, 0.6) is 11.5 Å². The highest BCUT2D eigenvalue weighted by atomic mass is 32.3. The summed E-state index contributed by atoms with van der Waals surface area (Å²) in [6.07, 6.45) is 9.83. The SMILES string of the molecule is CCCCC1(CCCC)CN(c2ccc(OC)cc2)c2cc(SC)c(O/C=C/C(=O)O)cc2S(O)(O)C1. The Morgan fingerprint density at radius 3 is 2.32 bits per heavy atom. The number of unbranched alkanes of at least 4 members (excludes halogenated alkanes) is 2. The first-order valence-corrected chi connectivity index (χ1v) is 15.6. The molecule has 1 aliphatic heterocycles. The molecule has 0 radical (unpaired) electrons. The first kappa shape index (κ1) is 29.2. The third-order valence-electron chi connectivity index (χ3n) is 6.80. The summed E-state index contributed by atoms with van der Waals surface area (Å²) in [5, 5.41) is 8.96. The van der Waals surface area contributed by atoms with Gasteiger partial charge in [0.25, 0.3) is 0 Å². The number of fused-ring (bicyclic) bond motifs is 1. The summed E-state index contributed by atoms with van der Waals surface area (Å²) in [6.45, 7) is 4.99. The molecule has 9 heteroatoms. The van der Waals surface area contributed by atoms with Crippen LogP contribution in [-0.2, 0) is 4.79 Å². The van der Waals surface area contributed by atoms with E-state index in [-0.39, 0.29) is 11.2 Å². The molecule has 0 saturated heterocycles. The van der Waals surface area contributed by atoms with Crippen molar-refractivity contribution in [3.63, 3.8) is 0 Å². The second-order valence-corrected chi connectivity index (χ2v) is 12.4. The molecule has 2 aromatic rings. The lowest BCUT2D eigenvalue weighted by molar-refractivity contribution is -0.131. The van der Waals surface area contributed by atoms with E-state index in [1.807, 2.05) is 36.6 Å². The number of anilines is 2. The van der Waals surface area contributed by atoms with Gasteiger partial charge in [-0.05, 0) is 49.4 Å². The molecular formula is C28H39NO6S2. The molecule has 1 heterocycles. The van der Waals surface area contributed by atoms with Crippen molar-refractivity contribution in [2.45, 2.75) is 62.2 Å². The highest BCUT2D eigenvalue weighted by Gasteiger charge is 2.42. The molecule has 0 unspecified atom stereocenters. The zero-order valence-corrected chi connectivity index (χ0v) is 23.7. The van der Waals surface area contributed by atoms with Gasteiger partial charge in [0.1, 0.15) is 11.5 Å². The molecule has 0 amide bonds. The zero-order chi connectivity index (χ0) is 27.1. The van der Waals surface area contributed by atoms with Crippen molar-refractivity contribution in [2.24, 2.45) is 5.41 Å². The third kappa shape index (κ3) is 7.16. The highest BCUT2D eigenvalue weighted by Crippen LogP contribution is 2.62. The molecule has 1 aliphatic rings. The van der Waals surface area contributed by atoms with Gasteiger partial charge in [-0.25, -0.2) is 4.79 Å². The van der Waals surface area contributed by atoms with Gasteiger partial charge < -0.3 is 19.5 Å². The number of aliphatic carboxylic acids is 1. The van der Waals surface area contributed by atoms with Crippen molar-refractivity contribution >= 4 is 39.7 Å². The molecule has 7 nitrogen and oxygen atoms in total. The zero-order valence-electron chi connectivity index (χ0n) is 22.1. The van der Waals surface area contributed by atoms with Crippen LogP contribution >= 0.6 is 22.4 Å². The van der Waals surface area contributed by atoms with Crippen molar-refractivity contribution in [3.8, 4) is 11.5 Å². The highest BCUT2D eigenvalue weighted by molar-refractivity contribution is 8.24. The topological polar surface area (TPSA) is 99.5 Å². The van der Waals surface area contributed by atoms with Crippen LogP contribution in [0.1, 0.15) is 52.4 Å². The van der Waals surface area contributed by atoms with E-state index >= 15 is 0 Å². The number of carbonyl (C=O) groups is 1. The molecule has 0 fully saturated rings. The first-order valence-electron chi connectivity index (χ1n) is 12.6. The van der Waals surface area contributed by atoms with Crippen LogP contribution in [0.15, 0.2) is 58.5 Å². The van der Waals surface area contributed by atoms with Crippen molar-refractivity contribution in [1.82, 2.24) is 0 Å². The lowest BCUT2D eigenvalue weighted by Gasteiger charge is -2.42. The lowest BCUT2D eigenvalue weighted by Crippen LogP contribution is -2.37. The summed E-state index contributed by atoms with van der Waals surface area (Å²) < 4.78 is 34.5. The maximum Gasteiger partial charge on any atom is 0.331 e. The van der Waals surface area contributed by atoms with E-state index in [4.69, 9.17) is 14.6 Å². The predicted molar refractivity (Wildman–Crippen MR) is 153 cm³/mol. The minimum absolute atomic E-state index is 0.280. The Morgan fingerprint density at radius 2 is 1.78 bits per heavy atom. The predicted octanol–water partition coefficient (Wildman–Crippen LogP) is 8.02. The molecule has 3 N–H and O–H groups in total. The maximum atomic E-state index is 11.7. The Hall–Kier alpha value is -2.33. The van der Waals surface area contributed by atoms with E-state index in [1.54, 1.807) is 13.2 Å². The number of thioether (sulfide) groups is 1. The summed E-state index contributed by atoms with van der Waals surface area (Å²) >= 11 is 1.46. The van der Waals surface area contributed by atoms with Crippen molar-refractivity contribution in [2.75, 3.05) is 30.6 Å². The largest absolute Gasteiger partial charge is 0.497 e. The Labute approximate surface area is 226 Å². The first-order chi connectivity index (χ1) is 17.7. The molecule has 2 aromatic carbocycles. The van der Waals surface area contributed by atoms with Crippen molar-refractivity contribution in [3.05, 3.63) is 48.7 Å². The van der Waals surface area contributed by atoms with Gasteiger partial charge in [0.15, 0.2) is 0 Å². The van der Waals surface area contributed by atoms with Gasteiger partial charge in [-0.2, -0.15) is 10.6 Å². The number of rotatable bonds is 12. The van der Waals surface area contributed by atoms with Crippen LogP contribution in [0, 0.1) is 5.41 Å². The second-order valence-electron chi connectivity index (χ2n) is 9.53. The maximum absolute atomic E-state index is 11.7. The number of benzene rings is 2. The molecule has 0 saturated carbocycles. The standard InChI is InChI=1S/C28H39NO6S2/c1-5-7-14-28(15-8-6-2)19-29(21-9-11-22(34-3)12-10-21)23-17-25(36-4)24(35-16-13-27(30)31)18-26(23)37(32,33)20-28/h9-13,16-18,32-33H,5-8,14-15,19-20H2,1-4H3,(H,30,31)/b16-13+. The molecule has 0 bridgehead atoms. The van der Waals surface area contributed by atoms with E-state index in [0.717, 1.165) is 72.9 Å². The summed E-state index contributed by atoms with van der Waals surface area (Å²) in [5.41, 5.74) is 1.40. The van der Waals surface area contributed by atoms with Crippen LogP contribution in [0.25, 0.3) is 0 Å². The number of methoxy groups -OCH3 is 1. The fourth-order valence-electron chi connectivity index (χ4n) is 4.91. The minimum Gasteiger partial charge on any atom is -0.497 e. The van der Waals surface area contributed by atoms with Crippen LogP contribution < -0.4 is 14.4 Å². The normalized spacial score (nSPS) is 17.2. The third-order valence-corrected chi connectivity index (χ3v) is 9.61. The van der Waals surface area contributed by atoms with Gasteiger partial charge in [-0.15, -0.1) is 11.8 Å². The Balaban J connectivity index is 2.22. The Kier molecular flexibility index (Phi) is 10.2. The molecule has 0 spiro atoms.